The van der Waals surface area contributed by atoms with Gasteiger partial charge in [0.25, 0.3) is 0 Å². The van der Waals surface area contributed by atoms with E-state index in [0.717, 1.165) is 0 Å². The van der Waals surface area contributed by atoms with Gasteiger partial charge in [-0.15, -0.1) is 0 Å². The van der Waals surface area contributed by atoms with Crippen LogP contribution in [0.1, 0.15) is 33.6 Å². The summed E-state index contributed by atoms with van der Waals surface area (Å²) in [6, 6.07) is 5.92. The molecular weight excluding hydrogens is 327 g/mol. The molecule has 25 heavy (non-hydrogen) atoms. The molecule has 2 amide bonds. The first-order chi connectivity index (χ1) is 11.6. The Labute approximate surface area is 146 Å². The lowest BCUT2D eigenvalue weighted by molar-refractivity contribution is -0.140. The van der Waals surface area contributed by atoms with E-state index < -0.39 is 23.2 Å². The lowest BCUT2D eigenvalue weighted by Gasteiger charge is -2.34. The molecule has 0 bridgehead atoms. The molecule has 1 aromatic rings. The van der Waals surface area contributed by atoms with E-state index in [4.69, 9.17) is 5.11 Å². The van der Waals surface area contributed by atoms with Crippen LogP contribution in [-0.2, 0) is 14.4 Å². The summed E-state index contributed by atoms with van der Waals surface area (Å²) < 4.78 is 13.9. The highest BCUT2D eigenvalue weighted by Gasteiger charge is 2.40. The average molecular weight is 350 g/mol. The van der Waals surface area contributed by atoms with Crippen LogP contribution in [0, 0.1) is 17.7 Å². The number of anilines is 1. The van der Waals surface area contributed by atoms with E-state index in [1.165, 1.54) is 23.1 Å². The highest BCUT2D eigenvalue weighted by Crippen LogP contribution is 2.29. The molecule has 1 aliphatic heterocycles. The Bertz CT molecular complexity index is 691. The molecule has 1 aromatic carbocycles. The molecule has 0 radical (unpaired) electrons. The minimum absolute atomic E-state index is 0.0264. The number of hydrogen-bond acceptors (Lipinski definition) is 3. The number of nitrogens with zero attached hydrogens (tertiary/aromatic N) is 1. The van der Waals surface area contributed by atoms with Crippen molar-refractivity contribution in [1.82, 2.24) is 5.32 Å². The van der Waals surface area contributed by atoms with E-state index in [1.807, 2.05) is 13.8 Å². The van der Waals surface area contributed by atoms with Crippen LogP contribution in [0.2, 0.25) is 0 Å². The largest absolute Gasteiger partial charge is 0.481 e. The number of halogens is 1. The number of nitrogens with one attached hydrogen (secondary N) is 1. The maximum Gasteiger partial charge on any atom is 0.305 e. The van der Waals surface area contributed by atoms with Gasteiger partial charge in [-0.05, 0) is 25.0 Å². The van der Waals surface area contributed by atoms with Crippen molar-refractivity contribution in [2.24, 2.45) is 11.8 Å². The third kappa shape index (κ3) is 4.15. The Kier molecular flexibility index (Phi) is 5.45. The minimum Gasteiger partial charge on any atom is -0.481 e. The summed E-state index contributed by atoms with van der Waals surface area (Å²) in [6.45, 7) is 5.41. The molecule has 0 aromatic heterocycles. The molecule has 0 spiro atoms. The van der Waals surface area contributed by atoms with Crippen molar-refractivity contribution in [3.8, 4) is 0 Å². The molecule has 0 saturated carbocycles. The van der Waals surface area contributed by atoms with Crippen molar-refractivity contribution in [1.29, 1.82) is 0 Å². The number of carbonyl (C=O) groups excluding carboxylic acids is 2. The van der Waals surface area contributed by atoms with Crippen LogP contribution in [0.25, 0.3) is 0 Å². The molecule has 1 saturated heterocycles. The lowest BCUT2D eigenvalue weighted by Crippen LogP contribution is -2.53. The smallest absolute Gasteiger partial charge is 0.305 e. The maximum atomic E-state index is 13.9. The summed E-state index contributed by atoms with van der Waals surface area (Å²) in [5, 5.41) is 11.9. The number of carboxylic acids is 1. The zero-order chi connectivity index (χ0) is 18.8. The Morgan fingerprint density at radius 2 is 2.04 bits per heavy atom. The van der Waals surface area contributed by atoms with Crippen LogP contribution in [0.15, 0.2) is 24.3 Å². The highest BCUT2D eigenvalue weighted by atomic mass is 19.1. The van der Waals surface area contributed by atoms with Crippen LogP contribution >= 0.6 is 0 Å². The monoisotopic (exact) mass is 350 g/mol. The number of carboxylic acid groups (broad SMARTS) is 1. The van der Waals surface area contributed by atoms with Crippen molar-refractivity contribution in [3.05, 3.63) is 30.1 Å². The van der Waals surface area contributed by atoms with E-state index >= 15 is 0 Å². The molecular formula is C18H23FN2O4. The molecule has 2 rings (SSSR count). The van der Waals surface area contributed by atoms with Gasteiger partial charge in [0.2, 0.25) is 11.8 Å². The number of carbonyl (C=O) groups is 3. The summed E-state index contributed by atoms with van der Waals surface area (Å²) in [6.07, 6.45) is -0.241. The average Bonchev–Trinajstić information content (AvgIpc) is 2.88. The van der Waals surface area contributed by atoms with E-state index in [1.54, 1.807) is 13.0 Å². The van der Waals surface area contributed by atoms with Crippen LogP contribution in [0.4, 0.5) is 10.1 Å². The molecule has 7 heteroatoms. The van der Waals surface area contributed by atoms with Gasteiger partial charge in [-0.2, -0.15) is 0 Å². The highest BCUT2D eigenvalue weighted by molar-refractivity contribution is 6.00. The first kappa shape index (κ1) is 18.9. The topological polar surface area (TPSA) is 86.7 Å². The van der Waals surface area contributed by atoms with Gasteiger partial charge in [0.15, 0.2) is 0 Å². The van der Waals surface area contributed by atoms with Gasteiger partial charge < -0.3 is 15.3 Å². The van der Waals surface area contributed by atoms with Gasteiger partial charge >= 0.3 is 5.97 Å². The zero-order valence-corrected chi connectivity index (χ0v) is 14.6. The van der Waals surface area contributed by atoms with Crippen molar-refractivity contribution < 1.29 is 23.9 Å². The van der Waals surface area contributed by atoms with Gasteiger partial charge in [0.1, 0.15) is 5.82 Å². The Hall–Kier alpha value is -2.44. The van der Waals surface area contributed by atoms with Crippen molar-refractivity contribution >= 4 is 23.5 Å². The summed E-state index contributed by atoms with van der Waals surface area (Å²) in [5.41, 5.74) is -0.767. The number of amides is 2. The third-order valence-electron chi connectivity index (χ3n) is 4.84. The predicted octanol–water partition coefficient (Wildman–Crippen LogP) is 2.18. The quantitative estimate of drug-likeness (QED) is 0.823. The molecule has 136 valence electrons. The van der Waals surface area contributed by atoms with Crippen molar-refractivity contribution in [3.63, 3.8) is 0 Å². The standard InChI is InChI=1S/C18H23FN2O4/c1-11(2)18(3,9-16(23)24)20-17(25)12-8-15(22)21(10-12)14-7-5-4-6-13(14)19/h4-7,11-12H,8-10H2,1-3H3,(H,20,25)(H,23,24). The second kappa shape index (κ2) is 7.21. The maximum absolute atomic E-state index is 13.9. The van der Waals surface area contributed by atoms with E-state index in [-0.39, 0.29) is 42.8 Å². The van der Waals surface area contributed by atoms with Gasteiger partial charge in [-0.1, -0.05) is 26.0 Å². The van der Waals surface area contributed by atoms with E-state index in [0.29, 0.717) is 0 Å². The fraction of sp³-hybridized carbons (Fsp3) is 0.500. The molecule has 2 atom stereocenters. The Morgan fingerprint density at radius 1 is 1.40 bits per heavy atom. The number of hydrogen-bond donors (Lipinski definition) is 2. The predicted molar refractivity (Wildman–Crippen MR) is 90.5 cm³/mol. The zero-order valence-electron chi connectivity index (χ0n) is 14.6. The number of para-hydroxylation sites is 1. The summed E-state index contributed by atoms with van der Waals surface area (Å²) in [5.74, 6) is -2.98. The normalized spacial score (nSPS) is 19.8. The lowest BCUT2D eigenvalue weighted by atomic mass is 9.84. The van der Waals surface area contributed by atoms with E-state index in [2.05, 4.69) is 5.32 Å². The molecule has 2 N–H and O–H groups in total. The number of aliphatic carboxylic acids is 1. The van der Waals surface area contributed by atoms with Gasteiger partial charge in [-0.3, -0.25) is 14.4 Å². The minimum atomic E-state index is -1.01. The fourth-order valence-electron chi connectivity index (χ4n) is 2.88. The molecule has 2 unspecified atom stereocenters. The fourth-order valence-corrected chi connectivity index (χ4v) is 2.88. The second-order valence-corrected chi connectivity index (χ2v) is 6.99. The number of rotatable bonds is 6. The molecule has 6 nitrogen and oxygen atoms in total. The van der Waals surface area contributed by atoms with Crippen LogP contribution in [0.5, 0.6) is 0 Å². The Balaban J connectivity index is 2.12. The summed E-state index contributed by atoms with van der Waals surface area (Å²) in [7, 11) is 0. The third-order valence-corrected chi connectivity index (χ3v) is 4.84. The molecule has 1 heterocycles. The van der Waals surface area contributed by atoms with E-state index in [9.17, 15) is 18.8 Å². The first-order valence-electron chi connectivity index (χ1n) is 8.22. The second-order valence-electron chi connectivity index (χ2n) is 6.99. The van der Waals surface area contributed by atoms with Crippen molar-refractivity contribution in [2.45, 2.75) is 39.2 Å². The van der Waals surface area contributed by atoms with Crippen LogP contribution in [-0.4, -0.2) is 35.0 Å². The summed E-state index contributed by atoms with van der Waals surface area (Å²) >= 11 is 0. The van der Waals surface area contributed by atoms with Gasteiger partial charge in [0, 0.05) is 18.5 Å². The SMILES string of the molecule is CC(C)C(C)(CC(=O)O)NC(=O)C1CC(=O)N(c2ccccc2F)C1. The van der Waals surface area contributed by atoms with Crippen LogP contribution < -0.4 is 10.2 Å². The van der Waals surface area contributed by atoms with Gasteiger partial charge in [0.05, 0.1) is 18.0 Å². The summed E-state index contributed by atoms with van der Waals surface area (Å²) in [4.78, 5) is 37.1. The molecule has 1 aliphatic rings. The Morgan fingerprint density at radius 3 is 2.60 bits per heavy atom. The molecule has 0 aliphatic carbocycles. The van der Waals surface area contributed by atoms with Crippen LogP contribution in [0.3, 0.4) is 0 Å². The first-order valence-corrected chi connectivity index (χ1v) is 8.22. The van der Waals surface area contributed by atoms with Gasteiger partial charge in [-0.25, -0.2) is 4.39 Å². The van der Waals surface area contributed by atoms with Crippen molar-refractivity contribution in [2.75, 3.05) is 11.4 Å². The number of benzene rings is 1. The molecule has 1 fully saturated rings.